The van der Waals surface area contributed by atoms with Crippen molar-refractivity contribution in [3.8, 4) is 0 Å². The zero-order valence-electron chi connectivity index (χ0n) is 14.2. The molecule has 1 aromatic carbocycles. The van der Waals surface area contributed by atoms with Gasteiger partial charge in [-0.25, -0.2) is 9.97 Å². The number of anilines is 1. The number of hydrogen-bond acceptors (Lipinski definition) is 4. The van der Waals surface area contributed by atoms with E-state index in [0.717, 1.165) is 38.0 Å². The molecule has 0 aliphatic heterocycles. The SMILES string of the molecule is NC1(CNc2ncnc3c2CCCC3c2ccccc2)CCCC1. The molecule has 1 fully saturated rings. The van der Waals surface area contributed by atoms with E-state index in [4.69, 9.17) is 5.73 Å². The monoisotopic (exact) mass is 322 g/mol. The number of nitrogens with two attached hydrogens (primary N) is 1. The zero-order chi connectivity index (χ0) is 16.4. The maximum atomic E-state index is 6.50. The molecule has 24 heavy (non-hydrogen) atoms. The van der Waals surface area contributed by atoms with Crippen molar-refractivity contribution in [2.45, 2.75) is 56.4 Å². The van der Waals surface area contributed by atoms with Crippen LogP contribution in [0, 0.1) is 0 Å². The Balaban J connectivity index is 1.59. The summed E-state index contributed by atoms with van der Waals surface area (Å²) in [7, 11) is 0. The molecule has 1 saturated carbocycles. The van der Waals surface area contributed by atoms with Gasteiger partial charge in [-0.1, -0.05) is 43.2 Å². The third kappa shape index (κ3) is 3.03. The van der Waals surface area contributed by atoms with Crippen molar-refractivity contribution in [1.29, 1.82) is 0 Å². The van der Waals surface area contributed by atoms with Gasteiger partial charge in [0.25, 0.3) is 0 Å². The fraction of sp³-hybridized carbons (Fsp3) is 0.500. The van der Waals surface area contributed by atoms with Crippen LogP contribution in [0.5, 0.6) is 0 Å². The summed E-state index contributed by atoms with van der Waals surface area (Å²) < 4.78 is 0. The van der Waals surface area contributed by atoms with Gasteiger partial charge in [-0.2, -0.15) is 0 Å². The van der Waals surface area contributed by atoms with Crippen molar-refractivity contribution in [1.82, 2.24) is 9.97 Å². The lowest BCUT2D eigenvalue weighted by molar-refractivity contribution is 0.463. The summed E-state index contributed by atoms with van der Waals surface area (Å²) in [5.74, 6) is 1.38. The standard InChI is InChI=1S/C20H26N4/c21-20(11-4-5-12-20)13-22-19-17-10-6-9-16(18(17)23-14-24-19)15-7-2-1-3-8-15/h1-3,7-8,14,16H,4-6,9-13,21H2,(H,22,23,24). The topological polar surface area (TPSA) is 63.8 Å². The maximum absolute atomic E-state index is 6.50. The fourth-order valence-electron chi connectivity index (χ4n) is 4.27. The van der Waals surface area contributed by atoms with Gasteiger partial charge >= 0.3 is 0 Å². The first-order chi connectivity index (χ1) is 11.8. The van der Waals surface area contributed by atoms with Gasteiger partial charge in [0.2, 0.25) is 0 Å². The van der Waals surface area contributed by atoms with E-state index in [2.05, 4.69) is 45.6 Å². The van der Waals surface area contributed by atoms with Crippen LogP contribution in [0.4, 0.5) is 5.82 Å². The third-order valence-electron chi connectivity index (χ3n) is 5.64. The van der Waals surface area contributed by atoms with Gasteiger partial charge in [0.1, 0.15) is 12.1 Å². The van der Waals surface area contributed by atoms with Gasteiger partial charge in [-0.05, 0) is 37.7 Å². The van der Waals surface area contributed by atoms with Crippen molar-refractivity contribution >= 4 is 5.82 Å². The average Bonchev–Trinajstić information content (AvgIpc) is 3.07. The molecule has 0 radical (unpaired) electrons. The number of hydrogen-bond donors (Lipinski definition) is 2. The Morgan fingerprint density at radius 2 is 1.88 bits per heavy atom. The van der Waals surface area contributed by atoms with E-state index >= 15 is 0 Å². The van der Waals surface area contributed by atoms with Gasteiger partial charge in [-0.3, -0.25) is 0 Å². The van der Waals surface area contributed by atoms with Gasteiger partial charge in [0, 0.05) is 23.6 Å². The second-order valence-electron chi connectivity index (χ2n) is 7.36. The van der Waals surface area contributed by atoms with Gasteiger partial charge in [0.05, 0.1) is 5.69 Å². The van der Waals surface area contributed by atoms with Crippen LogP contribution >= 0.6 is 0 Å². The molecule has 1 heterocycles. The van der Waals surface area contributed by atoms with Gasteiger partial charge < -0.3 is 11.1 Å². The number of nitrogens with zero attached hydrogens (tertiary/aromatic N) is 2. The number of nitrogens with one attached hydrogen (secondary N) is 1. The minimum atomic E-state index is -0.0642. The second-order valence-corrected chi connectivity index (χ2v) is 7.36. The van der Waals surface area contributed by atoms with E-state index < -0.39 is 0 Å². The first-order valence-corrected chi connectivity index (χ1v) is 9.17. The lowest BCUT2D eigenvalue weighted by Crippen LogP contribution is -2.43. The Kier molecular flexibility index (Phi) is 4.23. The molecule has 0 amide bonds. The van der Waals surface area contributed by atoms with Crippen LogP contribution in [0.3, 0.4) is 0 Å². The first kappa shape index (κ1) is 15.6. The highest BCUT2D eigenvalue weighted by atomic mass is 15.0. The predicted molar refractivity (Wildman–Crippen MR) is 97.1 cm³/mol. The molecule has 0 bridgehead atoms. The van der Waals surface area contributed by atoms with Crippen LogP contribution in [0.15, 0.2) is 36.7 Å². The van der Waals surface area contributed by atoms with Crippen LogP contribution in [0.2, 0.25) is 0 Å². The number of rotatable bonds is 4. The lowest BCUT2D eigenvalue weighted by atomic mass is 9.82. The minimum Gasteiger partial charge on any atom is -0.368 e. The van der Waals surface area contributed by atoms with Crippen LogP contribution in [0.1, 0.15) is 61.3 Å². The molecule has 1 atom stereocenters. The second kappa shape index (κ2) is 6.52. The minimum absolute atomic E-state index is 0.0642. The van der Waals surface area contributed by atoms with E-state index in [-0.39, 0.29) is 5.54 Å². The normalized spacial score (nSPS) is 22.1. The molecular formula is C20H26N4. The molecule has 4 nitrogen and oxygen atoms in total. The fourth-order valence-corrected chi connectivity index (χ4v) is 4.27. The Hall–Kier alpha value is -1.94. The number of fused-ring (bicyclic) bond motifs is 1. The van der Waals surface area contributed by atoms with Crippen LogP contribution in [-0.4, -0.2) is 22.1 Å². The summed E-state index contributed by atoms with van der Waals surface area (Å²) in [6.45, 7) is 0.812. The molecule has 0 spiro atoms. The summed E-state index contributed by atoms with van der Waals surface area (Å²) >= 11 is 0. The summed E-state index contributed by atoms with van der Waals surface area (Å²) in [6.07, 6.45) is 9.82. The molecule has 2 aliphatic carbocycles. The first-order valence-electron chi connectivity index (χ1n) is 9.17. The van der Waals surface area contributed by atoms with Crippen molar-refractivity contribution < 1.29 is 0 Å². The van der Waals surface area contributed by atoms with Crippen molar-refractivity contribution in [3.05, 3.63) is 53.5 Å². The van der Waals surface area contributed by atoms with E-state index in [0.29, 0.717) is 5.92 Å². The molecule has 2 aromatic rings. The third-order valence-corrected chi connectivity index (χ3v) is 5.64. The highest BCUT2D eigenvalue weighted by Crippen LogP contribution is 2.37. The van der Waals surface area contributed by atoms with Crippen molar-refractivity contribution in [3.63, 3.8) is 0 Å². The predicted octanol–water partition coefficient (Wildman–Crippen LogP) is 3.63. The molecule has 126 valence electrons. The zero-order valence-corrected chi connectivity index (χ0v) is 14.2. The molecule has 4 heteroatoms. The summed E-state index contributed by atoms with van der Waals surface area (Å²) in [6, 6.07) is 10.7. The largest absolute Gasteiger partial charge is 0.368 e. The molecule has 1 unspecified atom stereocenters. The average molecular weight is 322 g/mol. The van der Waals surface area contributed by atoms with Gasteiger partial charge in [-0.15, -0.1) is 0 Å². The van der Waals surface area contributed by atoms with E-state index in [1.54, 1.807) is 6.33 Å². The maximum Gasteiger partial charge on any atom is 0.132 e. The van der Waals surface area contributed by atoms with E-state index in [1.165, 1.54) is 36.1 Å². The van der Waals surface area contributed by atoms with Gasteiger partial charge in [0.15, 0.2) is 0 Å². The van der Waals surface area contributed by atoms with E-state index in [9.17, 15) is 0 Å². The van der Waals surface area contributed by atoms with Crippen LogP contribution < -0.4 is 11.1 Å². The van der Waals surface area contributed by atoms with Crippen LogP contribution in [0.25, 0.3) is 0 Å². The summed E-state index contributed by atoms with van der Waals surface area (Å²) in [4.78, 5) is 9.19. The molecule has 4 rings (SSSR count). The number of aromatic nitrogens is 2. The van der Waals surface area contributed by atoms with Crippen molar-refractivity contribution in [2.24, 2.45) is 5.73 Å². The molecular weight excluding hydrogens is 296 g/mol. The lowest BCUT2D eigenvalue weighted by Gasteiger charge is -2.28. The Bertz CT molecular complexity index is 692. The summed E-state index contributed by atoms with van der Waals surface area (Å²) in [5.41, 5.74) is 10.3. The van der Waals surface area contributed by atoms with Crippen molar-refractivity contribution in [2.75, 3.05) is 11.9 Å². The van der Waals surface area contributed by atoms with Crippen LogP contribution in [-0.2, 0) is 6.42 Å². The highest BCUT2D eigenvalue weighted by Gasteiger charge is 2.30. The quantitative estimate of drug-likeness (QED) is 0.902. The smallest absolute Gasteiger partial charge is 0.132 e. The Labute approximate surface area is 143 Å². The Morgan fingerprint density at radius 1 is 1.08 bits per heavy atom. The number of benzene rings is 1. The molecule has 1 aromatic heterocycles. The molecule has 2 aliphatic rings. The molecule has 3 N–H and O–H groups in total. The highest BCUT2D eigenvalue weighted by molar-refractivity contribution is 5.50. The molecule has 0 saturated heterocycles. The summed E-state index contributed by atoms with van der Waals surface area (Å²) in [5, 5.41) is 3.55. The van der Waals surface area contributed by atoms with E-state index in [1.807, 2.05) is 0 Å². The Morgan fingerprint density at radius 3 is 2.67 bits per heavy atom.